The largest absolute Gasteiger partial charge is 0.366 e. The molecule has 1 aromatic rings. The van der Waals surface area contributed by atoms with Crippen molar-refractivity contribution >= 4 is 5.82 Å². The third-order valence-electron chi connectivity index (χ3n) is 4.43. The first-order chi connectivity index (χ1) is 9.33. The molecule has 1 saturated heterocycles. The van der Waals surface area contributed by atoms with Crippen LogP contribution in [-0.2, 0) is 0 Å². The van der Waals surface area contributed by atoms with E-state index in [1.54, 1.807) is 0 Å². The van der Waals surface area contributed by atoms with Crippen molar-refractivity contribution in [1.29, 1.82) is 0 Å². The summed E-state index contributed by atoms with van der Waals surface area (Å²) < 4.78 is 0. The summed E-state index contributed by atoms with van der Waals surface area (Å²) >= 11 is 0. The van der Waals surface area contributed by atoms with Crippen molar-refractivity contribution in [2.45, 2.75) is 50.5 Å². The average Bonchev–Trinajstić information content (AvgIpc) is 2.92. The van der Waals surface area contributed by atoms with E-state index in [0.717, 1.165) is 12.4 Å². The normalized spacial score (nSPS) is 25.6. The summed E-state index contributed by atoms with van der Waals surface area (Å²) in [5.41, 5.74) is 1.18. The lowest BCUT2D eigenvalue weighted by Gasteiger charge is -2.30. The number of nitrogens with one attached hydrogen (secondary N) is 1. The van der Waals surface area contributed by atoms with Crippen LogP contribution in [0, 0.1) is 0 Å². The number of likely N-dealkylation sites (N-methyl/N-ethyl adjacent to an activating group) is 1. The van der Waals surface area contributed by atoms with Crippen molar-refractivity contribution in [2.24, 2.45) is 0 Å². The maximum absolute atomic E-state index is 4.63. The lowest BCUT2D eigenvalue weighted by atomic mass is 9.94. The number of rotatable bonds is 3. The Morgan fingerprint density at radius 3 is 2.68 bits per heavy atom. The molecule has 1 aliphatic heterocycles. The molecule has 1 N–H and O–H groups in total. The van der Waals surface area contributed by atoms with Gasteiger partial charge in [0.15, 0.2) is 0 Å². The van der Waals surface area contributed by atoms with Crippen molar-refractivity contribution in [3.63, 3.8) is 0 Å². The fraction of sp³-hybridized carbons (Fsp3) is 0.733. The van der Waals surface area contributed by atoms with E-state index in [1.807, 2.05) is 12.4 Å². The van der Waals surface area contributed by atoms with Crippen LogP contribution in [0.3, 0.4) is 0 Å². The van der Waals surface area contributed by atoms with Gasteiger partial charge in [-0.05, 0) is 39.3 Å². The van der Waals surface area contributed by atoms with Crippen molar-refractivity contribution in [3.8, 4) is 0 Å². The fourth-order valence-corrected chi connectivity index (χ4v) is 3.41. The molecule has 0 bridgehead atoms. The first-order valence-electron chi connectivity index (χ1n) is 7.59. The SMILES string of the molecule is CN1CCC[C@H](c2nccnc2NC2CCCC2)C1. The van der Waals surface area contributed by atoms with Crippen LogP contribution in [0.25, 0.3) is 0 Å². The Morgan fingerprint density at radius 1 is 1.11 bits per heavy atom. The molecule has 19 heavy (non-hydrogen) atoms. The van der Waals surface area contributed by atoms with Crippen molar-refractivity contribution in [3.05, 3.63) is 18.1 Å². The highest BCUT2D eigenvalue weighted by Gasteiger charge is 2.24. The van der Waals surface area contributed by atoms with E-state index < -0.39 is 0 Å². The highest BCUT2D eigenvalue weighted by molar-refractivity contribution is 5.43. The number of nitrogens with zero attached hydrogens (tertiary/aromatic N) is 3. The minimum atomic E-state index is 0.538. The zero-order chi connectivity index (χ0) is 13.1. The number of aromatic nitrogens is 2. The van der Waals surface area contributed by atoms with Gasteiger partial charge in [0, 0.05) is 30.9 Å². The van der Waals surface area contributed by atoms with E-state index in [1.165, 1.54) is 50.8 Å². The molecule has 1 atom stereocenters. The molecule has 2 fully saturated rings. The van der Waals surface area contributed by atoms with E-state index >= 15 is 0 Å². The predicted molar refractivity (Wildman–Crippen MR) is 77.4 cm³/mol. The van der Waals surface area contributed by atoms with Crippen molar-refractivity contribution < 1.29 is 0 Å². The smallest absolute Gasteiger partial charge is 0.148 e. The Bertz CT molecular complexity index is 414. The van der Waals surface area contributed by atoms with Crippen molar-refractivity contribution in [2.75, 3.05) is 25.5 Å². The molecule has 0 unspecified atom stereocenters. The Labute approximate surface area is 115 Å². The van der Waals surface area contributed by atoms with Crippen LogP contribution in [0.2, 0.25) is 0 Å². The molecule has 1 saturated carbocycles. The molecule has 104 valence electrons. The highest BCUT2D eigenvalue weighted by atomic mass is 15.1. The van der Waals surface area contributed by atoms with Gasteiger partial charge in [-0.3, -0.25) is 4.98 Å². The van der Waals surface area contributed by atoms with E-state index in [2.05, 4.69) is 27.2 Å². The fourth-order valence-electron chi connectivity index (χ4n) is 3.41. The molecule has 4 nitrogen and oxygen atoms in total. The molecule has 4 heteroatoms. The van der Waals surface area contributed by atoms with Gasteiger partial charge in [0.2, 0.25) is 0 Å². The number of hydrogen-bond acceptors (Lipinski definition) is 4. The Balaban J connectivity index is 1.76. The minimum absolute atomic E-state index is 0.538. The van der Waals surface area contributed by atoms with E-state index in [-0.39, 0.29) is 0 Å². The topological polar surface area (TPSA) is 41.1 Å². The van der Waals surface area contributed by atoms with Gasteiger partial charge in [-0.1, -0.05) is 12.8 Å². The summed E-state index contributed by atoms with van der Waals surface area (Å²) in [5.74, 6) is 1.58. The van der Waals surface area contributed by atoms with E-state index in [4.69, 9.17) is 0 Å². The first-order valence-corrected chi connectivity index (χ1v) is 7.59. The third kappa shape index (κ3) is 3.06. The first kappa shape index (κ1) is 12.9. The average molecular weight is 260 g/mol. The van der Waals surface area contributed by atoms with Gasteiger partial charge >= 0.3 is 0 Å². The Hall–Kier alpha value is -1.16. The van der Waals surface area contributed by atoms with E-state index in [0.29, 0.717) is 12.0 Å². The molecule has 2 aliphatic rings. The molecule has 1 aromatic heterocycles. The summed E-state index contributed by atoms with van der Waals surface area (Å²) in [4.78, 5) is 11.6. The number of hydrogen-bond donors (Lipinski definition) is 1. The summed E-state index contributed by atoms with van der Waals surface area (Å²) in [6.45, 7) is 2.32. The number of likely N-dealkylation sites (tertiary alicyclic amines) is 1. The van der Waals surface area contributed by atoms with Crippen LogP contribution in [0.15, 0.2) is 12.4 Å². The molecule has 3 rings (SSSR count). The lowest BCUT2D eigenvalue weighted by Crippen LogP contribution is -2.32. The second-order valence-electron chi connectivity index (χ2n) is 6.02. The molecule has 1 aliphatic carbocycles. The zero-order valence-electron chi connectivity index (χ0n) is 11.8. The quantitative estimate of drug-likeness (QED) is 0.907. The van der Waals surface area contributed by atoms with E-state index in [9.17, 15) is 0 Å². The summed E-state index contributed by atoms with van der Waals surface area (Å²) in [5, 5.41) is 3.63. The van der Waals surface area contributed by atoms with Crippen LogP contribution >= 0.6 is 0 Å². The number of piperidine rings is 1. The highest BCUT2D eigenvalue weighted by Crippen LogP contribution is 2.30. The second-order valence-corrected chi connectivity index (χ2v) is 6.02. The Morgan fingerprint density at radius 2 is 1.89 bits per heavy atom. The molecule has 0 amide bonds. The van der Waals surface area contributed by atoms with Crippen LogP contribution in [0.1, 0.15) is 50.1 Å². The number of anilines is 1. The molecular weight excluding hydrogens is 236 g/mol. The maximum atomic E-state index is 4.63. The van der Waals surface area contributed by atoms with Crippen LogP contribution in [0.5, 0.6) is 0 Å². The summed E-state index contributed by atoms with van der Waals surface area (Å²) in [6.07, 6.45) is 11.4. The van der Waals surface area contributed by atoms with Gasteiger partial charge in [0.25, 0.3) is 0 Å². The minimum Gasteiger partial charge on any atom is -0.366 e. The zero-order valence-corrected chi connectivity index (χ0v) is 11.8. The summed E-state index contributed by atoms with van der Waals surface area (Å²) in [6, 6.07) is 0.608. The van der Waals surface area contributed by atoms with Gasteiger partial charge < -0.3 is 10.2 Å². The molecular formula is C15H24N4. The van der Waals surface area contributed by atoms with Gasteiger partial charge in [-0.15, -0.1) is 0 Å². The molecule has 0 spiro atoms. The predicted octanol–water partition coefficient (Wildman–Crippen LogP) is 2.64. The summed E-state index contributed by atoms with van der Waals surface area (Å²) in [7, 11) is 2.20. The van der Waals surface area contributed by atoms with Gasteiger partial charge in [0.05, 0.1) is 5.69 Å². The van der Waals surface area contributed by atoms with Crippen molar-refractivity contribution in [1.82, 2.24) is 14.9 Å². The van der Waals surface area contributed by atoms with Crippen LogP contribution in [0.4, 0.5) is 5.82 Å². The lowest BCUT2D eigenvalue weighted by molar-refractivity contribution is 0.248. The maximum Gasteiger partial charge on any atom is 0.148 e. The second kappa shape index (κ2) is 5.87. The van der Waals surface area contributed by atoms with Gasteiger partial charge in [0.1, 0.15) is 5.82 Å². The molecule has 0 aromatic carbocycles. The van der Waals surface area contributed by atoms with Gasteiger partial charge in [-0.25, -0.2) is 4.98 Å². The van der Waals surface area contributed by atoms with Gasteiger partial charge in [-0.2, -0.15) is 0 Å². The van der Waals surface area contributed by atoms with Crippen LogP contribution in [-0.4, -0.2) is 41.0 Å². The Kier molecular flexibility index (Phi) is 3.97. The molecule has 0 radical (unpaired) electrons. The standard InChI is InChI=1S/C15H24N4/c1-19-10-4-5-12(11-19)14-15(17-9-8-16-14)18-13-6-2-3-7-13/h8-9,12-13H,2-7,10-11H2,1H3,(H,17,18)/t12-/m0/s1. The van der Waals surface area contributed by atoms with Crippen LogP contribution < -0.4 is 5.32 Å². The monoisotopic (exact) mass is 260 g/mol. The molecule has 2 heterocycles. The third-order valence-corrected chi connectivity index (χ3v) is 4.43.